The Hall–Kier alpha value is -1.06. The molecule has 0 saturated heterocycles. The predicted molar refractivity (Wildman–Crippen MR) is 84.4 cm³/mol. The van der Waals surface area contributed by atoms with Crippen LogP contribution in [0.2, 0.25) is 0 Å². The Balaban J connectivity index is 3.49. The van der Waals surface area contributed by atoms with Crippen LogP contribution in [0.5, 0.6) is 0 Å². The Labute approximate surface area is 143 Å². The summed E-state index contributed by atoms with van der Waals surface area (Å²) in [5, 5.41) is 0. The summed E-state index contributed by atoms with van der Waals surface area (Å²) in [7, 11) is -10.9. The summed E-state index contributed by atoms with van der Waals surface area (Å²) in [6, 6.07) is 6.42. The van der Waals surface area contributed by atoms with Crippen LogP contribution >= 0.6 is 20.2 Å². The number of benzene rings is 1. The van der Waals surface area contributed by atoms with E-state index in [0.29, 0.717) is 0 Å². The first kappa shape index (κ1) is 21.0. The van der Waals surface area contributed by atoms with E-state index in [1.54, 1.807) is 0 Å². The second-order valence-corrected chi connectivity index (χ2v) is 12.2. The second-order valence-electron chi connectivity index (χ2n) is 3.72. The molecule has 8 nitrogen and oxygen atoms in total. The van der Waals surface area contributed by atoms with Gasteiger partial charge in [0.05, 0.1) is 0 Å². The molecule has 1 aromatic carbocycles. The van der Waals surface area contributed by atoms with Gasteiger partial charge in [-0.3, -0.25) is 0 Å². The van der Waals surface area contributed by atoms with Gasteiger partial charge in [0, 0.05) is 0 Å². The molecular formula is C10H10F3IN2O6S2. The molecule has 0 aliphatic carbocycles. The summed E-state index contributed by atoms with van der Waals surface area (Å²) in [4.78, 5) is 2.44. The fourth-order valence-electron chi connectivity index (χ4n) is 1.18. The molecule has 0 saturated carbocycles. The SMILES string of the molecule is CCOS(=O)(=O)C(=[N+]=[N-])I(OS(=O)(=O)C(F)(F)F)c1ccccc1. The van der Waals surface area contributed by atoms with Gasteiger partial charge in [-0.1, -0.05) is 0 Å². The Morgan fingerprint density at radius 1 is 1.21 bits per heavy atom. The van der Waals surface area contributed by atoms with E-state index in [0.717, 1.165) is 12.1 Å². The van der Waals surface area contributed by atoms with Crippen molar-refractivity contribution in [1.29, 1.82) is 0 Å². The minimum atomic E-state index is -6.12. The fourth-order valence-corrected chi connectivity index (χ4v) is 10.1. The first-order valence-electron chi connectivity index (χ1n) is 5.84. The second kappa shape index (κ2) is 7.88. The first-order chi connectivity index (χ1) is 11.0. The van der Waals surface area contributed by atoms with Crippen molar-refractivity contribution in [3.63, 3.8) is 0 Å². The fraction of sp³-hybridized carbons (Fsp3) is 0.300. The zero-order valence-corrected chi connectivity index (χ0v) is 15.6. The quantitative estimate of drug-likeness (QED) is 0.112. The van der Waals surface area contributed by atoms with E-state index in [-0.39, 0.29) is 3.57 Å². The third-order valence-corrected chi connectivity index (χ3v) is 11.9. The molecular weight excluding hydrogens is 492 g/mol. The van der Waals surface area contributed by atoms with Gasteiger partial charge in [-0.25, -0.2) is 0 Å². The van der Waals surface area contributed by atoms with Gasteiger partial charge in [-0.05, 0) is 0 Å². The van der Waals surface area contributed by atoms with Gasteiger partial charge in [0.15, 0.2) is 0 Å². The van der Waals surface area contributed by atoms with Crippen LogP contribution in [0.3, 0.4) is 0 Å². The third kappa shape index (κ3) is 4.97. The minimum absolute atomic E-state index is 0.161. The first-order valence-corrected chi connectivity index (χ1v) is 11.7. The average molecular weight is 502 g/mol. The van der Waals surface area contributed by atoms with Crippen LogP contribution in [0, 0.1) is 3.57 Å². The average Bonchev–Trinajstić information content (AvgIpc) is 2.46. The van der Waals surface area contributed by atoms with Crippen LogP contribution < -0.4 is 0 Å². The Kier molecular flexibility index (Phi) is 6.89. The number of halogens is 4. The molecule has 0 spiro atoms. The Bertz CT molecular complexity index is 835. The van der Waals surface area contributed by atoms with E-state index in [1.807, 2.05) is 0 Å². The molecule has 0 heterocycles. The van der Waals surface area contributed by atoms with Crippen LogP contribution in [0.1, 0.15) is 6.92 Å². The van der Waals surface area contributed by atoms with Crippen LogP contribution in [0.25, 0.3) is 5.53 Å². The molecule has 0 atom stereocenters. The molecule has 136 valence electrons. The molecule has 0 aromatic heterocycles. The van der Waals surface area contributed by atoms with E-state index in [4.69, 9.17) is 5.53 Å². The van der Waals surface area contributed by atoms with Crippen molar-refractivity contribution in [3.8, 4) is 0 Å². The molecule has 0 amide bonds. The van der Waals surface area contributed by atoms with Gasteiger partial charge in [0.1, 0.15) is 0 Å². The predicted octanol–water partition coefficient (Wildman–Crippen LogP) is 2.10. The van der Waals surface area contributed by atoms with Gasteiger partial charge in [-0.2, -0.15) is 0 Å². The Morgan fingerprint density at radius 2 is 1.75 bits per heavy atom. The summed E-state index contributed by atoms with van der Waals surface area (Å²) in [5.74, 6) is 0. The summed E-state index contributed by atoms with van der Waals surface area (Å²) in [6.07, 6.45) is 0. The Morgan fingerprint density at radius 3 is 2.17 bits per heavy atom. The zero-order valence-electron chi connectivity index (χ0n) is 11.8. The summed E-state index contributed by atoms with van der Waals surface area (Å²) < 4.78 is 91.0. The van der Waals surface area contributed by atoms with E-state index < -0.39 is 55.6 Å². The van der Waals surface area contributed by atoms with E-state index >= 15 is 0 Å². The summed E-state index contributed by atoms with van der Waals surface area (Å²) >= 11 is -4.33. The molecule has 0 fully saturated rings. The number of rotatable bonds is 6. The van der Waals surface area contributed by atoms with Gasteiger partial charge >= 0.3 is 143 Å². The van der Waals surface area contributed by atoms with Crippen molar-refractivity contribution in [2.24, 2.45) is 0 Å². The number of hydrogen-bond donors (Lipinski definition) is 0. The van der Waals surface area contributed by atoms with Crippen molar-refractivity contribution < 1.29 is 41.5 Å². The normalized spacial score (nSPS) is 13.2. The molecule has 24 heavy (non-hydrogen) atoms. The molecule has 0 radical (unpaired) electrons. The molecule has 0 aliphatic heterocycles. The molecule has 1 rings (SSSR count). The molecule has 0 bridgehead atoms. The number of hydrogen-bond acceptors (Lipinski definition) is 6. The van der Waals surface area contributed by atoms with Gasteiger partial charge in [0.25, 0.3) is 0 Å². The summed E-state index contributed by atoms with van der Waals surface area (Å²) in [5.41, 5.74) is 3.16. The molecule has 1 aromatic rings. The van der Waals surface area contributed by atoms with E-state index in [9.17, 15) is 30.0 Å². The van der Waals surface area contributed by atoms with Crippen molar-refractivity contribution in [2.45, 2.75) is 12.4 Å². The number of nitrogens with zero attached hydrogens (tertiary/aromatic N) is 2. The van der Waals surface area contributed by atoms with Crippen molar-refractivity contribution in [1.82, 2.24) is 0 Å². The van der Waals surface area contributed by atoms with Gasteiger partial charge < -0.3 is 0 Å². The van der Waals surface area contributed by atoms with Crippen molar-refractivity contribution >= 4 is 43.5 Å². The van der Waals surface area contributed by atoms with E-state index in [1.165, 1.54) is 25.1 Å². The molecule has 14 heteroatoms. The monoisotopic (exact) mass is 502 g/mol. The molecule has 0 unspecified atom stereocenters. The van der Waals surface area contributed by atoms with Crippen molar-refractivity contribution in [3.05, 3.63) is 39.4 Å². The standard InChI is InChI=1S/C10H10F3IN2O6S2/c1-2-21-23(17,18)9(16-15)14(8-6-4-3-5-7-8)22-24(19,20)10(11,12)13/h3-7H,2H2,1H3. The van der Waals surface area contributed by atoms with Crippen LogP contribution in [0.15, 0.2) is 30.3 Å². The van der Waals surface area contributed by atoms with Gasteiger partial charge in [0.2, 0.25) is 0 Å². The van der Waals surface area contributed by atoms with Crippen LogP contribution in [-0.4, -0.2) is 36.8 Å². The topological polar surface area (TPSA) is 123 Å². The van der Waals surface area contributed by atoms with Crippen LogP contribution in [0.4, 0.5) is 13.2 Å². The maximum atomic E-state index is 12.6. The molecule has 0 N–H and O–H groups in total. The van der Waals surface area contributed by atoms with Crippen LogP contribution in [-0.2, 0) is 26.9 Å². The summed E-state index contributed by atoms with van der Waals surface area (Å²) in [6.45, 7) is 0.854. The number of alkyl halides is 3. The van der Waals surface area contributed by atoms with Crippen molar-refractivity contribution in [2.75, 3.05) is 6.61 Å². The third-order valence-electron chi connectivity index (χ3n) is 2.07. The van der Waals surface area contributed by atoms with Gasteiger partial charge in [-0.15, -0.1) is 0 Å². The maximum absolute atomic E-state index is 12.6. The molecule has 0 aliphatic rings. The zero-order chi connectivity index (χ0) is 18.6. The van der Waals surface area contributed by atoms with E-state index in [2.05, 4.69) is 11.5 Å².